The highest BCUT2D eigenvalue weighted by Gasteiger charge is 2.22. The van der Waals surface area contributed by atoms with Gasteiger partial charge in [0, 0.05) is 11.5 Å². The van der Waals surface area contributed by atoms with E-state index in [4.69, 9.17) is 0 Å². The maximum Gasteiger partial charge on any atom is 0.277 e. The Morgan fingerprint density at radius 1 is 1.10 bits per heavy atom. The number of H-pyrrole nitrogens is 1. The number of rotatable bonds is 1. The summed E-state index contributed by atoms with van der Waals surface area (Å²) in [6, 6.07) is 0. The smallest absolute Gasteiger partial charge is 0.277 e. The summed E-state index contributed by atoms with van der Waals surface area (Å²) in [6.07, 6.45) is 6.11. The number of hydrogen-bond acceptors (Lipinski definition) is 4. The fourth-order valence-corrected chi connectivity index (χ4v) is 3.34. The van der Waals surface area contributed by atoms with Gasteiger partial charge in [-0.1, -0.05) is 0 Å². The lowest BCUT2D eigenvalue weighted by atomic mass is 9.97. The summed E-state index contributed by atoms with van der Waals surface area (Å²) >= 11 is 0. The van der Waals surface area contributed by atoms with Crippen LogP contribution in [-0.4, -0.2) is 32.7 Å². The highest BCUT2D eigenvalue weighted by Crippen LogP contribution is 2.23. The summed E-state index contributed by atoms with van der Waals surface area (Å²) in [5.74, 6) is 1.87. The standard InChI is InChI=1S/C14H19N5O/c20-13-10-3-1-2-4-11(10)16-14-17-12(18-19(13)14)9-5-7-15-8-6-9/h9,15H,1-8H2,(H,16,17,18). The molecular formula is C14H19N5O. The van der Waals surface area contributed by atoms with Gasteiger partial charge in [-0.25, -0.2) is 4.98 Å². The molecule has 2 aliphatic rings. The fraction of sp³-hybridized carbons (Fsp3) is 0.643. The first kappa shape index (κ1) is 12.1. The second-order valence-electron chi connectivity index (χ2n) is 5.82. The molecule has 0 saturated carbocycles. The van der Waals surface area contributed by atoms with Crippen molar-refractivity contribution >= 4 is 5.78 Å². The summed E-state index contributed by atoms with van der Waals surface area (Å²) in [6.45, 7) is 2.03. The Bertz CT molecular complexity index is 695. The highest BCUT2D eigenvalue weighted by atomic mass is 16.1. The molecule has 2 aromatic rings. The molecule has 4 rings (SSSR count). The Hall–Kier alpha value is -1.69. The molecule has 106 valence electrons. The lowest BCUT2D eigenvalue weighted by Gasteiger charge is -2.19. The number of aromatic amines is 1. The zero-order valence-electron chi connectivity index (χ0n) is 11.5. The molecule has 2 N–H and O–H groups in total. The average molecular weight is 273 g/mol. The Morgan fingerprint density at radius 2 is 1.90 bits per heavy atom. The summed E-state index contributed by atoms with van der Waals surface area (Å²) in [7, 11) is 0. The van der Waals surface area contributed by atoms with E-state index in [2.05, 4.69) is 20.4 Å². The molecule has 3 heterocycles. The maximum absolute atomic E-state index is 12.5. The first-order chi connectivity index (χ1) is 9.83. The topological polar surface area (TPSA) is 75.1 Å². The zero-order valence-corrected chi connectivity index (χ0v) is 11.5. The first-order valence-corrected chi connectivity index (χ1v) is 7.54. The van der Waals surface area contributed by atoms with Gasteiger partial charge in [-0.05, 0) is 51.6 Å². The molecule has 0 bridgehead atoms. The minimum atomic E-state index is 0.0531. The van der Waals surface area contributed by atoms with E-state index in [1.165, 1.54) is 0 Å². The van der Waals surface area contributed by atoms with Gasteiger partial charge in [0.1, 0.15) is 5.82 Å². The van der Waals surface area contributed by atoms with Gasteiger partial charge < -0.3 is 5.32 Å². The molecule has 6 heteroatoms. The SMILES string of the molecule is O=c1c2c(nc3nc(C4CCNCC4)[nH]n13)CCCC2. The number of nitrogens with zero attached hydrogens (tertiary/aromatic N) is 3. The lowest BCUT2D eigenvalue weighted by Crippen LogP contribution is -2.27. The Balaban J connectivity index is 1.82. The fourth-order valence-electron chi connectivity index (χ4n) is 3.34. The van der Waals surface area contributed by atoms with Gasteiger partial charge in [0.25, 0.3) is 11.3 Å². The van der Waals surface area contributed by atoms with Gasteiger partial charge in [0.05, 0.1) is 5.69 Å². The van der Waals surface area contributed by atoms with Crippen molar-refractivity contribution in [3.05, 3.63) is 27.4 Å². The number of aromatic nitrogens is 4. The first-order valence-electron chi connectivity index (χ1n) is 7.54. The lowest BCUT2D eigenvalue weighted by molar-refractivity contribution is 0.445. The quantitative estimate of drug-likeness (QED) is 0.804. The van der Waals surface area contributed by atoms with Crippen LogP contribution in [0.3, 0.4) is 0 Å². The van der Waals surface area contributed by atoms with Crippen LogP contribution in [0.4, 0.5) is 0 Å². The predicted octanol–water partition coefficient (Wildman–Crippen LogP) is 0.763. The Kier molecular flexibility index (Phi) is 2.84. The Morgan fingerprint density at radius 3 is 2.75 bits per heavy atom. The van der Waals surface area contributed by atoms with Crippen molar-refractivity contribution in [1.82, 2.24) is 24.9 Å². The number of piperidine rings is 1. The molecular weight excluding hydrogens is 254 g/mol. The van der Waals surface area contributed by atoms with Crippen molar-refractivity contribution in [2.24, 2.45) is 0 Å². The number of hydrogen-bond donors (Lipinski definition) is 2. The predicted molar refractivity (Wildman–Crippen MR) is 75.1 cm³/mol. The molecule has 0 radical (unpaired) electrons. The maximum atomic E-state index is 12.5. The third kappa shape index (κ3) is 1.86. The number of fused-ring (bicyclic) bond motifs is 2. The van der Waals surface area contributed by atoms with Crippen molar-refractivity contribution in [1.29, 1.82) is 0 Å². The van der Waals surface area contributed by atoms with E-state index in [0.717, 1.165) is 68.7 Å². The molecule has 0 spiro atoms. The van der Waals surface area contributed by atoms with E-state index in [1.54, 1.807) is 4.52 Å². The zero-order chi connectivity index (χ0) is 13.5. The van der Waals surface area contributed by atoms with E-state index in [1.807, 2.05) is 0 Å². The van der Waals surface area contributed by atoms with Gasteiger partial charge in [0.2, 0.25) is 0 Å². The van der Waals surface area contributed by atoms with Crippen molar-refractivity contribution in [3.8, 4) is 0 Å². The highest BCUT2D eigenvalue weighted by molar-refractivity contribution is 5.34. The van der Waals surface area contributed by atoms with E-state index < -0.39 is 0 Å². The van der Waals surface area contributed by atoms with Gasteiger partial charge in [-0.15, -0.1) is 0 Å². The van der Waals surface area contributed by atoms with Crippen LogP contribution in [0.5, 0.6) is 0 Å². The molecule has 2 aromatic heterocycles. The second kappa shape index (κ2) is 4.70. The van der Waals surface area contributed by atoms with E-state index in [-0.39, 0.29) is 5.56 Å². The van der Waals surface area contributed by atoms with Gasteiger partial charge in [-0.3, -0.25) is 9.89 Å². The minimum Gasteiger partial charge on any atom is -0.317 e. The molecule has 0 amide bonds. The molecule has 1 aliphatic carbocycles. The van der Waals surface area contributed by atoms with Crippen LogP contribution in [0.1, 0.15) is 48.7 Å². The molecule has 0 atom stereocenters. The minimum absolute atomic E-state index is 0.0531. The van der Waals surface area contributed by atoms with E-state index in [9.17, 15) is 4.79 Å². The summed E-state index contributed by atoms with van der Waals surface area (Å²) in [5, 5.41) is 6.54. The van der Waals surface area contributed by atoms with Gasteiger partial charge >= 0.3 is 0 Å². The summed E-state index contributed by atoms with van der Waals surface area (Å²) in [4.78, 5) is 21.7. The van der Waals surface area contributed by atoms with Gasteiger partial charge in [-0.2, -0.15) is 9.50 Å². The van der Waals surface area contributed by atoms with Crippen molar-refractivity contribution in [2.75, 3.05) is 13.1 Å². The molecule has 6 nitrogen and oxygen atoms in total. The molecule has 0 aromatic carbocycles. The summed E-state index contributed by atoms with van der Waals surface area (Å²) in [5.41, 5.74) is 1.90. The number of aryl methyl sites for hydroxylation is 1. The van der Waals surface area contributed by atoms with Crippen molar-refractivity contribution < 1.29 is 0 Å². The third-order valence-electron chi connectivity index (χ3n) is 4.51. The van der Waals surface area contributed by atoms with E-state index in [0.29, 0.717) is 11.7 Å². The van der Waals surface area contributed by atoms with Crippen LogP contribution in [-0.2, 0) is 12.8 Å². The van der Waals surface area contributed by atoms with Crippen LogP contribution in [0, 0.1) is 0 Å². The molecule has 1 aliphatic heterocycles. The molecule has 0 unspecified atom stereocenters. The van der Waals surface area contributed by atoms with Gasteiger partial charge in [0.15, 0.2) is 0 Å². The average Bonchev–Trinajstić information content (AvgIpc) is 2.93. The van der Waals surface area contributed by atoms with E-state index >= 15 is 0 Å². The normalized spacial score (nSPS) is 20.2. The van der Waals surface area contributed by atoms with Crippen molar-refractivity contribution in [2.45, 2.75) is 44.4 Å². The van der Waals surface area contributed by atoms with Crippen LogP contribution in [0.15, 0.2) is 4.79 Å². The molecule has 20 heavy (non-hydrogen) atoms. The number of nitrogens with one attached hydrogen (secondary N) is 2. The second-order valence-corrected chi connectivity index (χ2v) is 5.82. The van der Waals surface area contributed by atoms with Crippen LogP contribution < -0.4 is 10.9 Å². The van der Waals surface area contributed by atoms with Crippen LogP contribution >= 0.6 is 0 Å². The van der Waals surface area contributed by atoms with Crippen LogP contribution in [0.25, 0.3) is 5.78 Å². The monoisotopic (exact) mass is 273 g/mol. The van der Waals surface area contributed by atoms with Crippen molar-refractivity contribution in [3.63, 3.8) is 0 Å². The summed E-state index contributed by atoms with van der Waals surface area (Å²) < 4.78 is 1.54. The Labute approximate surface area is 116 Å². The molecule has 1 saturated heterocycles. The largest absolute Gasteiger partial charge is 0.317 e. The third-order valence-corrected chi connectivity index (χ3v) is 4.51. The molecule has 1 fully saturated rings. The van der Waals surface area contributed by atoms with Crippen LogP contribution in [0.2, 0.25) is 0 Å².